The van der Waals surface area contributed by atoms with E-state index in [0.717, 1.165) is 16.0 Å². The Kier molecular flexibility index (Phi) is 9.73. The number of rotatable bonds is 8. The highest BCUT2D eigenvalue weighted by Crippen LogP contribution is 2.29. The van der Waals surface area contributed by atoms with Gasteiger partial charge in [0.15, 0.2) is 0 Å². The van der Waals surface area contributed by atoms with E-state index in [1.165, 1.54) is 12.1 Å². The molecule has 0 heterocycles. The lowest BCUT2D eigenvalue weighted by molar-refractivity contribution is -0.137. The van der Waals surface area contributed by atoms with E-state index in [0.29, 0.717) is 17.7 Å². The third-order valence-corrected chi connectivity index (χ3v) is 5.95. The first-order valence-electron chi connectivity index (χ1n) is 12.2. The Labute approximate surface area is 219 Å². The zero-order valence-corrected chi connectivity index (χ0v) is 22.6. The molecule has 0 fully saturated rings. The molecule has 0 aliphatic carbocycles. The summed E-state index contributed by atoms with van der Waals surface area (Å²) < 4.78 is 5.36. The highest BCUT2D eigenvalue weighted by atomic mass is 16.6. The maximum atomic E-state index is 13.8. The second kappa shape index (κ2) is 12.3. The van der Waals surface area contributed by atoms with Crippen molar-refractivity contribution in [3.63, 3.8) is 0 Å². The van der Waals surface area contributed by atoms with E-state index in [2.05, 4.69) is 16.7 Å². The summed E-state index contributed by atoms with van der Waals surface area (Å²) in [7, 11) is 0. The number of alkyl carbamates (subject to hydrolysis) is 1. The Bertz CT molecular complexity index is 1160. The number of ether oxygens (including phenoxy) is 1. The van der Waals surface area contributed by atoms with Crippen LogP contribution in [0.25, 0.3) is 0 Å². The molecular formula is C29H37N3O5. The molecule has 37 heavy (non-hydrogen) atoms. The fraction of sp³-hybridized carbons (Fsp3) is 0.414. The van der Waals surface area contributed by atoms with E-state index in [1.807, 2.05) is 39.0 Å². The Morgan fingerprint density at radius 2 is 1.70 bits per heavy atom. The number of phenols is 1. The summed E-state index contributed by atoms with van der Waals surface area (Å²) in [5.74, 6) is -1.61. The predicted octanol–water partition coefficient (Wildman–Crippen LogP) is 5.05. The molecule has 0 saturated heterocycles. The van der Waals surface area contributed by atoms with Gasteiger partial charge in [0, 0.05) is 11.7 Å². The molecular weight excluding hydrogens is 470 g/mol. The van der Waals surface area contributed by atoms with Gasteiger partial charge in [0.25, 0.3) is 11.8 Å². The molecule has 0 bridgehead atoms. The lowest BCUT2D eigenvalue weighted by atomic mass is 9.96. The van der Waals surface area contributed by atoms with Crippen molar-refractivity contribution in [1.29, 1.82) is 0 Å². The summed E-state index contributed by atoms with van der Waals surface area (Å²) in [6.07, 6.45) is 5.61. The minimum absolute atomic E-state index is 0.0860. The number of nitrogens with zero attached hydrogens (tertiary/aromatic N) is 1. The number of amides is 3. The van der Waals surface area contributed by atoms with Crippen LogP contribution in [0.4, 0.5) is 10.5 Å². The molecule has 3 N–H and O–H groups in total. The number of benzene rings is 2. The molecule has 2 aromatic rings. The second-order valence-electron chi connectivity index (χ2n) is 10.1. The summed E-state index contributed by atoms with van der Waals surface area (Å²) in [6.45, 7) is 12.6. The minimum atomic E-state index is -1.28. The van der Waals surface area contributed by atoms with E-state index in [-0.39, 0.29) is 11.7 Å². The van der Waals surface area contributed by atoms with E-state index in [9.17, 15) is 19.5 Å². The SMILES string of the molecule is C#CN(C(=O)C(NC(=O)OC(C)(C)C)C(C)CC)C(C(=O)Nc1c(C)cccc1C)c1cccc(O)c1. The predicted molar refractivity (Wildman–Crippen MR) is 144 cm³/mol. The maximum absolute atomic E-state index is 13.8. The largest absolute Gasteiger partial charge is 0.508 e. The average Bonchev–Trinajstić information content (AvgIpc) is 2.81. The molecule has 0 saturated carbocycles. The number of terminal acetylenes is 1. The van der Waals surface area contributed by atoms with Crippen LogP contribution >= 0.6 is 0 Å². The van der Waals surface area contributed by atoms with Crippen LogP contribution in [0.3, 0.4) is 0 Å². The highest BCUT2D eigenvalue weighted by Gasteiger charge is 2.38. The number of hydrogen-bond acceptors (Lipinski definition) is 5. The fourth-order valence-electron chi connectivity index (χ4n) is 3.85. The first-order valence-corrected chi connectivity index (χ1v) is 12.2. The number of para-hydroxylation sites is 1. The lowest BCUT2D eigenvalue weighted by Crippen LogP contribution is -2.53. The van der Waals surface area contributed by atoms with Crippen LogP contribution in [0.15, 0.2) is 42.5 Å². The summed E-state index contributed by atoms with van der Waals surface area (Å²) in [5.41, 5.74) is 1.83. The van der Waals surface area contributed by atoms with Gasteiger partial charge < -0.3 is 20.5 Å². The van der Waals surface area contributed by atoms with Crippen molar-refractivity contribution < 1.29 is 24.2 Å². The van der Waals surface area contributed by atoms with Crippen molar-refractivity contribution in [2.75, 3.05) is 5.32 Å². The van der Waals surface area contributed by atoms with Crippen LogP contribution in [0.2, 0.25) is 0 Å². The van der Waals surface area contributed by atoms with Gasteiger partial charge in [-0.25, -0.2) is 4.79 Å². The number of aryl methyl sites for hydroxylation is 2. The van der Waals surface area contributed by atoms with Gasteiger partial charge >= 0.3 is 6.09 Å². The Balaban J connectivity index is 2.53. The van der Waals surface area contributed by atoms with E-state index in [1.54, 1.807) is 39.8 Å². The smallest absolute Gasteiger partial charge is 0.408 e. The molecule has 2 rings (SSSR count). The number of carbonyl (C=O) groups is 3. The second-order valence-corrected chi connectivity index (χ2v) is 10.1. The number of anilines is 1. The van der Waals surface area contributed by atoms with Gasteiger partial charge in [-0.05, 0) is 69.4 Å². The topological polar surface area (TPSA) is 108 Å². The lowest BCUT2D eigenvalue weighted by Gasteiger charge is -2.32. The summed E-state index contributed by atoms with van der Waals surface area (Å²) in [5, 5.41) is 15.6. The van der Waals surface area contributed by atoms with Crippen molar-refractivity contribution in [2.45, 2.75) is 72.6 Å². The summed E-state index contributed by atoms with van der Waals surface area (Å²) >= 11 is 0. The number of hydrogen-bond donors (Lipinski definition) is 3. The number of nitrogens with one attached hydrogen (secondary N) is 2. The number of phenolic OH excluding ortho intramolecular Hbond substituents is 1. The van der Waals surface area contributed by atoms with Crippen LogP contribution in [0.5, 0.6) is 5.75 Å². The molecule has 3 unspecified atom stereocenters. The van der Waals surface area contributed by atoms with Crippen LogP contribution in [-0.4, -0.2) is 39.6 Å². The molecule has 3 amide bonds. The first kappa shape index (κ1) is 29.2. The van der Waals surface area contributed by atoms with Gasteiger partial charge in [-0.2, -0.15) is 0 Å². The molecule has 2 aromatic carbocycles. The van der Waals surface area contributed by atoms with Crippen LogP contribution < -0.4 is 10.6 Å². The molecule has 0 radical (unpaired) electrons. The van der Waals surface area contributed by atoms with Gasteiger partial charge in [-0.15, -0.1) is 0 Å². The zero-order valence-electron chi connectivity index (χ0n) is 22.6. The summed E-state index contributed by atoms with van der Waals surface area (Å²) in [4.78, 5) is 41.1. The Hall–Kier alpha value is -3.99. The van der Waals surface area contributed by atoms with E-state index >= 15 is 0 Å². The molecule has 198 valence electrons. The first-order chi connectivity index (χ1) is 17.3. The summed E-state index contributed by atoms with van der Waals surface area (Å²) in [6, 6.07) is 11.6. The standard InChI is InChI=1S/C29H37N3O5/c1-9-18(3)24(31-28(36)37-29(6,7)8)27(35)32(10-2)25(21-15-12-16-22(33)17-21)26(34)30-23-19(4)13-11-14-20(23)5/h2,11-18,24-25,33H,9H2,1,3-8H3,(H,30,34)(H,31,36). The van der Waals surface area contributed by atoms with Crippen molar-refractivity contribution in [3.8, 4) is 18.2 Å². The van der Waals surface area contributed by atoms with Gasteiger partial charge in [-0.1, -0.05) is 57.0 Å². The van der Waals surface area contributed by atoms with Crippen molar-refractivity contribution >= 4 is 23.6 Å². The Morgan fingerprint density at radius 1 is 1.11 bits per heavy atom. The van der Waals surface area contributed by atoms with Crippen molar-refractivity contribution in [2.24, 2.45) is 5.92 Å². The third kappa shape index (κ3) is 7.74. The monoisotopic (exact) mass is 507 g/mol. The molecule has 0 aliphatic rings. The average molecular weight is 508 g/mol. The maximum Gasteiger partial charge on any atom is 0.408 e. The van der Waals surface area contributed by atoms with Crippen LogP contribution in [0, 0.1) is 32.2 Å². The number of aromatic hydroxyl groups is 1. The molecule has 8 heteroatoms. The van der Waals surface area contributed by atoms with Gasteiger partial charge in [0.2, 0.25) is 0 Å². The molecule has 0 spiro atoms. The van der Waals surface area contributed by atoms with E-state index < -0.39 is 35.6 Å². The quantitative estimate of drug-likeness (QED) is 0.342. The normalized spacial score (nSPS) is 13.5. The van der Waals surface area contributed by atoms with Crippen molar-refractivity contribution in [1.82, 2.24) is 10.2 Å². The number of carbonyl (C=O) groups excluding carboxylic acids is 3. The third-order valence-electron chi connectivity index (χ3n) is 5.95. The molecule has 0 aliphatic heterocycles. The van der Waals surface area contributed by atoms with Gasteiger partial charge in [-0.3, -0.25) is 14.5 Å². The molecule has 3 atom stereocenters. The van der Waals surface area contributed by atoms with E-state index in [4.69, 9.17) is 11.2 Å². The zero-order chi connectivity index (χ0) is 27.9. The van der Waals surface area contributed by atoms with Crippen LogP contribution in [-0.2, 0) is 14.3 Å². The fourth-order valence-corrected chi connectivity index (χ4v) is 3.85. The highest BCUT2D eigenvalue weighted by molar-refractivity contribution is 6.00. The molecule has 8 nitrogen and oxygen atoms in total. The van der Waals surface area contributed by atoms with Gasteiger partial charge in [0.1, 0.15) is 23.4 Å². The molecule has 0 aromatic heterocycles. The van der Waals surface area contributed by atoms with Gasteiger partial charge in [0.05, 0.1) is 0 Å². The van der Waals surface area contributed by atoms with Crippen LogP contribution in [0.1, 0.15) is 63.8 Å². The Morgan fingerprint density at radius 3 is 2.22 bits per heavy atom. The minimum Gasteiger partial charge on any atom is -0.508 e. The van der Waals surface area contributed by atoms with Crippen molar-refractivity contribution in [3.05, 3.63) is 59.2 Å².